The fourth-order valence-electron chi connectivity index (χ4n) is 4.36. The Balaban J connectivity index is 2.52. The van der Waals surface area contributed by atoms with E-state index in [9.17, 15) is 0 Å². The minimum Gasteiger partial charge on any atom is -0.412 e. The second-order valence-corrected chi connectivity index (χ2v) is 17.4. The van der Waals surface area contributed by atoms with Gasteiger partial charge in [-0.25, -0.2) is 0 Å². The maximum absolute atomic E-state index is 6.74. The number of nitrogens with one attached hydrogen (secondary N) is 1. The highest BCUT2D eigenvalue weighted by Gasteiger charge is 2.35. The Morgan fingerprint density at radius 1 is 0.800 bits per heavy atom. The Bertz CT molecular complexity index is 655. The van der Waals surface area contributed by atoms with Crippen molar-refractivity contribution in [2.75, 3.05) is 0 Å². The number of H-pyrrole nitrogens is 1. The van der Waals surface area contributed by atoms with E-state index in [1.807, 2.05) is 0 Å². The second kappa shape index (κ2) is 8.69. The van der Waals surface area contributed by atoms with Gasteiger partial charge in [0, 0.05) is 21.8 Å². The lowest BCUT2D eigenvalue weighted by Crippen LogP contribution is -2.48. The third-order valence-electron chi connectivity index (χ3n) is 6.83. The zero-order valence-corrected chi connectivity index (χ0v) is 19.2. The molecule has 0 aliphatic heterocycles. The van der Waals surface area contributed by atoms with Crippen LogP contribution in [-0.4, -0.2) is 21.4 Å². The van der Waals surface area contributed by atoms with Gasteiger partial charge in [-0.2, -0.15) is 0 Å². The first kappa shape index (κ1) is 20.5. The van der Waals surface area contributed by atoms with Crippen molar-refractivity contribution in [3.63, 3.8) is 0 Å². The van der Waals surface area contributed by atoms with Crippen molar-refractivity contribution in [3.05, 3.63) is 29.8 Å². The number of hydrogen-bond acceptors (Lipinski definition) is 1. The fraction of sp³-hybridized carbons (Fsp3) is 0.619. The molecule has 0 saturated heterocycles. The molecular weight excluding hydrogens is 338 g/mol. The van der Waals surface area contributed by atoms with E-state index in [4.69, 9.17) is 4.43 Å². The topological polar surface area (TPSA) is 25.0 Å². The Morgan fingerprint density at radius 3 is 1.88 bits per heavy atom. The minimum atomic E-state index is -1.57. The maximum Gasteiger partial charge on any atom is 0.192 e. The summed E-state index contributed by atoms with van der Waals surface area (Å²) in [6.07, 6.45) is 0. The van der Waals surface area contributed by atoms with Crippen molar-refractivity contribution in [1.29, 1.82) is 0 Å². The fourth-order valence-corrected chi connectivity index (χ4v) is 10.7. The van der Waals surface area contributed by atoms with Gasteiger partial charge in [-0.1, -0.05) is 77.9 Å². The van der Waals surface area contributed by atoms with Crippen molar-refractivity contribution < 1.29 is 4.43 Å². The maximum atomic E-state index is 6.74. The van der Waals surface area contributed by atoms with Gasteiger partial charge in [-0.3, -0.25) is 0 Å². The van der Waals surface area contributed by atoms with Gasteiger partial charge in [-0.05, 0) is 24.2 Å². The zero-order chi connectivity index (χ0) is 18.5. The van der Waals surface area contributed by atoms with Crippen LogP contribution in [0.5, 0.6) is 0 Å². The van der Waals surface area contributed by atoms with E-state index in [0.29, 0.717) is 0 Å². The van der Waals surface area contributed by atoms with Crippen LogP contribution in [0.25, 0.3) is 10.9 Å². The lowest BCUT2D eigenvalue weighted by atomic mass is 10.2. The van der Waals surface area contributed by atoms with Crippen molar-refractivity contribution >= 4 is 32.6 Å². The van der Waals surface area contributed by atoms with Gasteiger partial charge in [0.1, 0.15) is 8.07 Å². The van der Waals surface area contributed by atoms with Gasteiger partial charge in [0.15, 0.2) is 8.32 Å². The number of para-hydroxylation sites is 1. The van der Waals surface area contributed by atoms with Gasteiger partial charge in [0.25, 0.3) is 0 Å². The van der Waals surface area contributed by atoms with Crippen LogP contribution in [-0.2, 0) is 11.0 Å². The van der Waals surface area contributed by atoms with Gasteiger partial charge in [0.05, 0.1) is 6.61 Å². The van der Waals surface area contributed by atoms with Crippen LogP contribution in [0.15, 0.2) is 24.3 Å². The SMILES string of the molecule is CC[Si](CC)(CC)OCc1c([Si](CC)(CC)CC)[nH]c2ccccc12. The molecule has 0 aliphatic carbocycles. The Kier molecular flexibility index (Phi) is 7.12. The summed E-state index contributed by atoms with van der Waals surface area (Å²) in [5.41, 5.74) is 2.76. The molecule has 1 N–H and O–H groups in total. The van der Waals surface area contributed by atoms with Crippen molar-refractivity contribution in [1.82, 2.24) is 4.98 Å². The van der Waals surface area contributed by atoms with E-state index in [2.05, 4.69) is 70.8 Å². The average Bonchev–Trinajstić information content (AvgIpc) is 3.05. The molecule has 140 valence electrons. The van der Waals surface area contributed by atoms with Crippen LogP contribution >= 0.6 is 0 Å². The minimum absolute atomic E-state index is 0.801. The second-order valence-electron chi connectivity index (χ2n) is 7.40. The molecule has 0 fully saturated rings. The first-order valence-corrected chi connectivity index (χ1v) is 15.4. The number of aromatic amines is 1. The molecule has 1 heterocycles. The summed E-state index contributed by atoms with van der Waals surface area (Å²) < 4.78 is 6.74. The average molecular weight is 376 g/mol. The third-order valence-corrected chi connectivity index (χ3v) is 17.0. The van der Waals surface area contributed by atoms with E-state index in [1.54, 1.807) is 5.32 Å². The van der Waals surface area contributed by atoms with E-state index >= 15 is 0 Å². The van der Waals surface area contributed by atoms with Gasteiger partial charge < -0.3 is 9.41 Å². The number of rotatable bonds is 10. The van der Waals surface area contributed by atoms with Gasteiger partial charge >= 0.3 is 0 Å². The first-order chi connectivity index (χ1) is 12.0. The molecule has 4 heteroatoms. The highest BCUT2D eigenvalue weighted by Crippen LogP contribution is 2.29. The molecule has 0 aliphatic rings. The van der Waals surface area contributed by atoms with Crippen LogP contribution in [0.1, 0.15) is 47.1 Å². The lowest BCUT2D eigenvalue weighted by molar-refractivity contribution is 0.289. The number of benzene rings is 1. The summed E-state index contributed by atoms with van der Waals surface area (Å²) in [6, 6.07) is 16.4. The summed E-state index contributed by atoms with van der Waals surface area (Å²) in [5.74, 6) is 0. The van der Waals surface area contributed by atoms with Crippen molar-refractivity contribution in [2.45, 2.75) is 84.4 Å². The quantitative estimate of drug-likeness (QED) is 0.477. The molecule has 2 aromatic rings. The molecule has 0 spiro atoms. The van der Waals surface area contributed by atoms with E-state index in [-0.39, 0.29) is 0 Å². The number of hydrogen-bond donors (Lipinski definition) is 1. The standard InChI is InChI=1S/C21H37NOSi2/c1-7-24(8-2,9-3)21-19(17-23-25(10-4,11-5)12-6)18-15-13-14-16-20(18)22-21/h13-16,22H,7-12,17H2,1-6H3. The van der Waals surface area contributed by atoms with Crippen LogP contribution in [0, 0.1) is 0 Å². The highest BCUT2D eigenvalue weighted by molar-refractivity contribution is 6.91. The molecular formula is C21H37NOSi2. The summed E-state index contributed by atoms with van der Waals surface area (Å²) >= 11 is 0. The molecule has 1 aromatic carbocycles. The molecule has 1 aromatic heterocycles. The van der Waals surface area contributed by atoms with Crippen LogP contribution in [0.3, 0.4) is 0 Å². The Morgan fingerprint density at radius 2 is 1.36 bits per heavy atom. The summed E-state index contributed by atoms with van der Waals surface area (Å²) in [6.45, 7) is 14.9. The van der Waals surface area contributed by atoms with Crippen LogP contribution in [0.2, 0.25) is 36.3 Å². The first-order valence-electron chi connectivity index (χ1n) is 10.3. The van der Waals surface area contributed by atoms with E-state index < -0.39 is 16.4 Å². The monoisotopic (exact) mass is 375 g/mol. The molecule has 0 atom stereocenters. The molecule has 0 bridgehead atoms. The highest BCUT2D eigenvalue weighted by atomic mass is 28.4. The summed E-state index contributed by atoms with van der Waals surface area (Å²) in [7, 11) is -3.04. The summed E-state index contributed by atoms with van der Waals surface area (Å²) in [5, 5.41) is 2.95. The van der Waals surface area contributed by atoms with Crippen molar-refractivity contribution in [2.24, 2.45) is 0 Å². The molecule has 0 amide bonds. The molecule has 25 heavy (non-hydrogen) atoms. The van der Waals surface area contributed by atoms with Crippen molar-refractivity contribution in [3.8, 4) is 0 Å². The molecule has 2 nitrogen and oxygen atoms in total. The molecule has 0 radical (unpaired) electrons. The van der Waals surface area contributed by atoms with Crippen LogP contribution < -0.4 is 5.32 Å². The normalized spacial score (nSPS) is 12.9. The van der Waals surface area contributed by atoms with Crippen LogP contribution in [0.4, 0.5) is 0 Å². The number of fused-ring (bicyclic) bond motifs is 1. The smallest absolute Gasteiger partial charge is 0.192 e. The van der Waals surface area contributed by atoms with E-state index in [0.717, 1.165) is 6.61 Å². The largest absolute Gasteiger partial charge is 0.412 e. The Labute approximate surface area is 156 Å². The zero-order valence-electron chi connectivity index (χ0n) is 17.2. The predicted molar refractivity (Wildman–Crippen MR) is 117 cm³/mol. The van der Waals surface area contributed by atoms with Gasteiger partial charge in [0.2, 0.25) is 0 Å². The molecule has 0 unspecified atom stereocenters. The summed E-state index contributed by atoms with van der Waals surface area (Å²) in [4.78, 5) is 3.85. The predicted octanol–water partition coefficient (Wildman–Crippen LogP) is 6.41. The number of aromatic nitrogens is 1. The molecule has 2 rings (SSSR count). The Hall–Kier alpha value is -0.846. The third kappa shape index (κ3) is 3.81. The lowest BCUT2D eigenvalue weighted by Gasteiger charge is -2.31. The molecule has 0 saturated carbocycles. The van der Waals surface area contributed by atoms with E-state index in [1.165, 1.54) is 52.7 Å². The van der Waals surface area contributed by atoms with Gasteiger partial charge in [-0.15, -0.1) is 0 Å².